The highest BCUT2D eigenvalue weighted by molar-refractivity contribution is 5.94. The lowest BCUT2D eigenvalue weighted by Gasteiger charge is -2.39. The Balaban J connectivity index is 1.22. The molecule has 0 spiro atoms. The maximum Gasteiger partial charge on any atom is 0.231 e. The Bertz CT molecular complexity index is 845. The van der Waals surface area contributed by atoms with Crippen molar-refractivity contribution in [2.45, 2.75) is 46.0 Å². The summed E-state index contributed by atoms with van der Waals surface area (Å²) in [4.78, 5) is 21.5. The Morgan fingerprint density at radius 2 is 1.81 bits per heavy atom. The van der Waals surface area contributed by atoms with E-state index in [0.29, 0.717) is 11.3 Å². The monoisotopic (exact) mass is 420 g/mol. The summed E-state index contributed by atoms with van der Waals surface area (Å²) < 4.78 is 0. The zero-order chi connectivity index (χ0) is 21.8. The molecular weight excluding hydrogens is 384 g/mol. The Morgan fingerprint density at radius 3 is 2.42 bits per heavy atom. The van der Waals surface area contributed by atoms with Crippen LogP contribution in [-0.2, 0) is 4.79 Å². The van der Waals surface area contributed by atoms with Gasteiger partial charge in [0, 0.05) is 25.0 Å². The van der Waals surface area contributed by atoms with Gasteiger partial charge in [-0.15, -0.1) is 0 Å². The van der Waals surface area contributed by atoms with E-state index in [9.17, 15) is 4.79 Å². The van der Waals surface area contributed by atoms with E-state index in [0.717, 1.165) is 24.5 Å². The van der Waals surface area contributed by atoms with Crippen LogP contribution in [0.25, 0.3) is 0 Å². The number of likely N-dealkylation sites (tertiary alicyclic amines) is 1. The highest BCUT2D eigenvalue weighted by Gasteiger charge is 2.33. The number of piperidine rings is 1. The fourth-order valence-electron chi connectivity index (χ4n) is 4.46. The smallest absolute Gasteiger partial charge is 0.231 e. The third-order valence-electron chi connectivity index (χ3n) is 6.68. The average Bonchev–Trinajstić information content (AvgIpc) is 2.72. The molecule has 0 radical (unpaired) electrons. The summed E-state index contributed by atoms with van der Waals surface area (Å²) in [7, 11) is 0. The van der Waals surface area contributed by atoms with Crippen LogP contribution in [0.1, 0.15) is 51.5 Å². The van der Waals surface area contributed by atoms with Gasteiger partial charge < -0.3 is 15.1 Å². The van der Waals surface area contributed by atoms with Gasteiger partial charge in [0.05, 0.1) is 17.8 Å². The highest BCUT2D eigenvalue weighted by atomic mass is 16.2. The van der Waals surface area contributed by atoms with Gasteiger partial charge in [-0.2, -0.15) is 0 Å². The lowest BCUT2D eigenvalue weighted by Crippen LogP contribution is -2.52. The number of nitrogens with one attached hydrogen (secondary N) is 1. The zero-order valence-electron chi connectivity index (χ0n) is 19.2. The molecule has 4 rings (SSSR count). The van der Waals surface area contributed by atoms with Crippen molar-refractivity contribution in [1.29, 1.82) is 0 Å². The fourth-order valence-corrected chi connectivity index (χ4v) is 4.46. The largest absolute Gasteiger partial charge is 0.369 e. The summed E-state index contributed by atoms with van der Waals surface area (Å²) >= 11 is 0. The molecule has 0 bridgehead atoms. The molecule has 0 atom stereocenters. The fraction of sp³-hybridized carbons (Fsp3) is 0.538. The summed E-state index contributed by atoms with van der Waals surface area (Å²) in [5, 5.41) is 3.09. The molecule has 2 aliphatic rings. The number of hydrogen-bond donors (Lipinski definition) is 1. The summed E-state index contributed by atoms with van der Waals surface area (Å²) in [6, 6.07) is 12.5. The first-order chi connectivity index (χ1) is 14.9. The summed E-state index contributed by atoms with van der Waals surface area (Å²) in [5.41, 5.74) is 3.80. The first-order valence-electron chi connectivity index (χ1n) is 11.7. The molecule has 1 amide bonds. The number of anilines is 2. The van der Waals surface area contributed by atoms with E-state index in [1.165, 1.54) is 44.5 Å². The topological polar surface area (TPSA) is 48.5 Å². The van der Waals surface area contributed by atoms with Crippen molar-refractivity contribution in [2.24, 2.45) is 11.3 Å². The molecule has 0 saturated carbocycles. The summed E-state index contributed by atoms with van der Waals surface area (Å²) in [6.07, 6.45) is 7.33. The predicted octanol–water partition coefficient (Wildman–Crippen LogP) is 4.77. The number of nitrogens with zero attached hydrogens (tertiary/aromatic N) is 3. The van der Waals surface area contributed by atoms with E-state index in [4.69, 9.17) is 0 Å². The Labute approximate surface area is 186 Å². The first kappa shape index (κ1) is 21.8. The van der Waals surface area contributed by atoms with E-state index < -0.39 is 0 Å². The standard InChI is InChI=1S/C26H36N4O/c1-26(2,3)12-16-29-14-10-21(11-15-29)20-6-8-23(9-7-20)28-25(31)22-18-30(19-22)24-5-4-13-27-17-24/h4-9,13,17,21-22H,10-12,14-16,18-19H2,1-3H3,(H,28,31). The highest BCUT2D eigenvalue weighted by Crippen LogP contribution is 2.30. The zero-order valence-corrected chi connectivity index (χ0v) is 19.2. The van der Waals surface area contributed by atoms with Gasteiger partial charge in [0.15, 0.2) is 0 Å². The Kier molecular flexibility index (Phi) is 6.61. The number of benzene rings is 1. The number of pyridine rings is 1. The van der Waals surface area contributed by atoms with Crippen LogP contribution in [0, 0.1) is 11.3 Å². The Morgan fingerprint density at radius 1 is 1.10 bits per heavy atom. The molecule has 2 saturated heterocycles. The van der Waals surface area contributed by atoms with Crippen LogP contribution in [0.3, 0.4) is 0 Å². The lowest BCUT2D eigenvalue weighted by atomic mass is 9.88. The van der Waals surface area contributed by atoms with Crippen LogP contribution in [0.5, 0.6) is 0 Å². The molecule has 2 aliphatic heterocycles. The van der Waals surface area contributed by atoms with Gasteiger partial charge in [-0.3, -0.25) is 9.78 Å². The number of carbonyl (C=O) groups excluding carboxylic acids is 1. The molecule has 1 aromatic carbocycles. The third kappa shape index (κ3) is 5.85. The number of rotatable bonds is 6. The van der Waals surface area contributed by atoms with Gasteiger partial charge in [-0.1, -0.05) is 32.9 Å². The minimum atomic E-state index is 0.0392. The minimum Gasteiger partial charge on any atom is -0.369 e. The average molecular weight is 421 g/mol. The van der Waals surface area contributed by atoms with Gasteiger partial charge in [-0.05, 0) is 80.1 Å². The lowest BCUT2D eigenvalue weighted by molar-refractivity contribution is -0.120. The molecule has 5 heteroatoms. The van der Waals surface area contributed by atoms with E-state index >= 15 is 0 Å². The van der Waals surface area contributed by atoms with Crippen LogP contribution < -0.4 is 10.2 Å². The molecule has 1 N–H and O–H groups in total. The molecular formula is C26H36N4O. The van der Waals surface area contributed by atoms with Gasteiger partial charge in [0.1, 0.15) is 0 Å². The van der Waals surface area contributed by atoms with Crippen molar-refractivity contribution in [3.8, 4) is 0 Å². The quantitative estimate of drug-likeness (QED) is 0.731. The maximum absolute atomic E-state index is 12.6. The van der Waals surface area contributed by atoms with E-state index in [-0.39, 0.29) is 11.8 Å². The van der Waals surface area contributed by atoms with Crippen molar-refractivity contribution in [3.63, 3.8) is 0 Å². The number of hydrogen-bond acceptors (Lipinski definition) is 4. The van der Waals surface area contributed by atoms with E-state index in [1.807, 2.05) is 18.3 Å². The number of aromatic nitrogens is 1. The molecule has 3 heterocycles. The van der Waals surface area contributed by atoms with Crippen molar-refractivity contribution < 1.29 is 4.79 Å². The molecule has 166 valence electrons. The van der Waals surface area contributed by atoms with Crippen molar-refractivity contribution in [3.05, 3.63) is 54.4 Å². The van der Waals surface area contributed by atoms with Crippen molar-refractivity contribution >= 4 is 17.3 Å². The second-order valence-electron chi connectivity index (χ2n) is 10.4. The molecule has 1 aromatic heterocycles. The van der Waals surface area contributed by atoms with Crippen LogP contribution in [0.4, 0.5) is 11.4 Å². The number of carbonyl (C=O) groups is 1. The molecule has 0 unspecified atom stereocenters. The second-order valence-corrected chi connectivity index (χ2v) is 10.4. The van der Waals surface area contributed by atoms with E-state index in [2.05, 4.69) is 65.1 Å². The van der Waals surface area contributed by atoms with Gasteiger partial charge >= 0.3 is 0 Å². The van der Waals surface area contributed by atoms with E-state index in [1.54, 1.807) is 6.20 Å². The normalized spacial score (nSPS) is 18.6. The van der Waals surface area contributed by atoms with Crippen molar-refractivity contribution in [2.75, 3.05) is 42.9 Å². The Hall–Kier alpha value is -2.40. The molecule has 5 nitrogen and oxygen atoms in total. The van der Waals surface area contributed by atoms with Crippen molar-refractivity contribution in [1.82, 2.24) is 9.88 Å². The molecule has 2 fully saturated rings. The minimum absolute atomic E-state index is 0.0392. The predicted molar refractivity (Wildman–Crippen MR) is 127 cm³/mol. The van der Waals surface area contributed by atoms with Crippen LogP contribution >= 0.6 is 0 Å². The number of amides is 1. The van der Waals surface area contributed by atoms with Crippen LogP contribution in [0.15, 0.2) is 48.8 Å². The van der Waals surface area contributed by atoms with Crippen LogP contribution in [-0.4, -0.2) is 48.5 Å². The van der Waals surface area contributed by atoms with Gasteiger partial charge in [0.25, 0.3) is 0 Å². The molecule has 31 heavy (non-hydrogen) atoms. The summed E-state index contributed by atoms with van der Waals surface area (Å²) in [5.74, 6) is 0.785. The second kappa shape index (κ2) is 9.39. The SMILES string of the molecule is CC(C)(C)CCN1CCC(c2ccc(NC(=O)C3CN(c4cccnc4)C3)cc2)CC1. The third-order valence-corrected chi connectivity index (χ3v) is 6.68. The van der Waals surface area contributed by atoms with Crippen LogP contribution in [0.2, 0.25) is 0 Å². The van der Waals surface area contributed by atoms with Gasteiger partial charge in [0.2, 0.25) is 5.91 Å². The molecule has 0 aliphatic carbocycles. The molecule has 2 aromatic rings. The maximum atomic E-state index is 12.6. The summed E-state index contributed by atoms with van der Waals surface area (Å²) in [6.45, 7) is 12.1. The first-order valence-corrected chi connectivity index (χ1v) is 11.7. The van der Waals surface area contributed by atoms with Gasteiger partial charge in [-0.25, -0.2) is 0 Å².